The van der Waals surface area contributed by atoms with Crippen molar-refractivity contribution in [2.45, 2.75) is 25.3 Å². The fraction of sp³-hybridized carbons (Fsp3) is 0.421. The number of hydrogen-bond donors (Lipinski definition) is 2. The molecule has 7 nitrogen and oxygen atoms in total. The molecule has 1 saturated heterocycles. The molecule has 0 bridgehead atoms. The number of aromatic amines is 2. The molecule has 2 heterocycles. The van der Waals surface area contributed by atoms with Crippen molar-refractivity contribution in [1.29, 1.82) is 0 Å². The molecule has 3 rings (SSSR count). The van der Waals surface area contributed by atoms with Gasteiger partial charge in [-0.2, -0.15) is 0 Å². The number of carbonyl (C=O) groups is 1. The number of hydrogen-bond acceptors (Lipinski definition) is 4. The van der Waals surface area contributed by atoms with Gasteiger partial charge in [0.1, 0.15) is 5.56 Å². The number of rotatable bonds is 5. The molecule has 2 aromatic rings. The van der Waals surface area contributed by atoms with Crippen molar-refractivity contribution in [2.24, 2.45) is 0 Å². The number of amides is 1. The summed E-state index contributed by atoms with van der Waals surface area (Å²) in [5, 5.41) is 0. The number of likely N-dealkylation sites (tertiary alicyclic amines) is 1. The third-order valence-electron chi connectivity index (χ3n) is 4.92. The lowest BCUT2D eigenvalue weighted by molar-refractivity contribution is 0.0592. The molecule has 1 aliphatic heterocycles. The van der Waals surface area contributed by atoms with Crippen LogP contribution in [0.1, 0.15) is 28.8 Å². The van der Waals surface area contributed by atoms with Crippen molar-refractivity contribution in [3.63, 3.8) is 0 Å². The number of nitrogens with zero attached hydrogens (tertiary/aromatic N) is 2. The smallest absolute Gasteiger partial charge is 0.325 e. The van der Waals surface area contributed by atoms with E-state index < -0.39 is 11.2 Å². The molecular formula is C19H24N4O3. The zero-order chi connectivity index (χ0) is 18.5. The molecule has 0 aliphatic carbocycles. The predicted molar refractivity (Wildman–Crippen MR) is 99.4 cm³/mol. The Balaban J connectivity index is 1.82. The summed E-state index contributed by atoms with van der Waals surface area (Å²) in [5.74, 6) is -0.326. The molecule has 1 amide bonds. The van der Waals surface area contributed by atoms with Crippen LogP contribution in [0.2, 0.25) is 0 Å². The maximum atomic E-state index is 13.0. The van der Waals surface area contributed by atoms with Crippen molar-refractivity contribution in [3.05, 3.63) is 68.5 Å². The van der Waals surface area contributed by atoms with Crippen LogP contribution in [0.15, 0.2) is 46.1 Å². The molecular weight excluding hydrogens is 332 g/mol. The molecule has 0 spiro atoms. The normalized spacial score (nSPS) is 15.7. The average molecular weight is 356 g/mol. The Hall–Kier alpha value is -2.67. The van der Waals surface area contributed by atoms with E-state index in [-0.39, 0.29) is 17.5 Å². The summed E-state index contributed by atoms with van der Waals surface area (Å²) < 4.78 is 0. The SMILES string of the molecule is CN1CCC(N(CCc2ccccc2)C(=O)c2c[nH]c(=O)[nH]c2=O)CC1. The van der Waals surface area contributed by atoms with Crippen LogP contribution in [0.25, 0.3) is 0 Å². The van der Waals surface area contributed by atoms with Crippen LogP contribution in [0, 0.1) is 0 Å². The molecule has 1 fully saturated rings. The first-order valence-electron chi connectivity index (χ1n) is 8.90. The molecule has 7 heteroatoms. The minimum atomic E-state index is -0.642. The van der Waals surface area contributed by atoms with Gasteiger partial charge in [0, 0.05) is 18.8 Å². The lowest BCUT2D eigenvalue weighted by Gasteiger charge is -2.37. The zero-order valence-corrected chi connectivity index (χ0v) is 14.9. The van der Waals surface area contributed by atoms with Crippen LogP contribution in [0.3, 0.4) is 0 Å². The Morgan fingerprint density at radius 1 is 1.19 bits per heavy atom. The minimum absolute atomic E-state index is 0.0170. The van der Waals surface area contributed by atoms with Gasteiger partial charge in [0.15, 0.2) is 0 Å². The fourth-order valence-electron chi connectivity index (χ4n) is 3.37. The summed E-state index contributed by atoms with van der Waals surface area (Å²) in [6.07, 6.45) is 3.69. The van der Waals surface area contributed by atoms with Gasteiger partial charge in [-0.05, 0) is 45.0 Å². The van der Waals surface area contributed by atoms with E-state index in [2.05, 4.69) is 21.9 Å². The fourth-order valence-corrected chi connectivity index (χ4v) is 3.37. The monoisotopic (exact) mass is 356 g/mol. The number of benzene rings is 1. The first-order valence-corrected chi connectivity index (χ1v) is 8.90. The third kappa shape index (κ3) is 4.29. The Morgan fingerprint density at radius 2 is 1.88 bits per heavy atom. The second-order valence-corrected chi connectivity index (χ2v) is 6.75. The van der Waals surface area contributed by atoms with Crippen molar-refractivity contribution in [3.8, 4) is 0 Å². The van der Waals surface area contributed by atoms with Crippen molar-refractivity contribution >= 4 is 5.91 Å². The van der Waals surface area contributed by atoms with Crippen molar-refractivity contribution < 1.29 is 4.79 Å². The molecule has 0 saturated carbocycles. The van der Waals surface area contributed by atoms with Crippen LogP contribution < -0.4 is 11.2 Å². The summed E-state index contributed by atoms with van der Waals surface area (Å²) in [7, 11) is 2.07. The van der Waals surface area contributed by atoms with Gasteiger partial charge < -0.3 is 14.8 Å². The highest BCUT2D eigenvalue weighted by atomic mass is 16.2. The first kappa shape index (κ1) is 18.1. The Labute approximate surface area is 151 Å². The van der Waals surface area contributed by atoms with E-state index in [1.807, 2.05) is 30.3 Å². The van der Waals surface area contributed by atoms with E-state index in [9.17, 15) is 14.4 Å². The standard InChI is InChI=1S/C19H24N4O3/c1-22-10-8-15(9-11-22)23(12-7-14-5-3-2-4-6-14)18(25)16-13-20-19(26)21-17(16)24/h2-6,13,15H,7-12H2,1H3,(H2,20,21,24,26). The molecule has 0 atom stereocenters. The molecule has 2 N–H and O–H groups in total. The van der Waals surface area contributed by atoms with Crippen LogP contribution in [0.4, 0.5) is 0 Å². The highest BCUT2D eigenvalue weighted by Gasteiger charge is 2.28. The highest BCUT2D eigenvalue weighted by Crippen LogP contribution is 2.18. The Kier molecular flexibility index (Phi) is 5.68. The number of piperidine rings is 1. The maximum absolute atomic E-state index is 13.0. The van der Waals surface area contributed by atoms with Gasteiger partial charge >= 0.3 is 5.69 Å². The van der Waals surface area contributed by atoms with E-state index >= 15 is 0 Å². The van der Waals surface area contributed by atoms with Gasteiger partial charge in [0.05, 0.1) is 0 Å². The van der Waals surface area contributed by atoms with Gasteiger partial charge in [-0.3, -0.25) is 14.6 Å². The largest absolute Gasteiger partial charge is 0.335 e. The second kappa shape index (κ2) is 8.14. The van der Waals surface area contributed by atoms with Gasteiger partial charge in [0.2, 0.25) is 0 Å². The van der Waals surface area contributed by atoms with Crippen molar-refractivity contribution in [2.75, 3.05) is 26.7 Å². The van der Waals surface area contributed by atoms with Gasteiger partial charge in [-0.25, -0.2) is 4.79 Å². The quantitative estimate of drug-likeness (QED) is 0.831. The van der Waals surface area contributed by atoms with Crippen molar-refractivity contribution in [1.82, 2.24) is 19.8 Å². The van der Waals surface area contributed by atoms with E-state index in [4.69, 9.17) is 0 Å². The summed E-state index contributed by atoms with van der Waals surface area (Å²) in [4.78, 5) is 44.9. The van der Waals surface area contributed by atoms with Crippen LogP contribution in [0.5, 0.6) is 0 Å². The van der Waals surface area contributed by atoms with Gasteiger partial charge in [0.25, 0.3) is 11.5 Å². The van der Waals surface area contributed by atoms with Crippen LogP contribution in [-0.2, 0) is 6.42 Å². The summed E-state index contributed by atoms with van der Waals surface area (Å²) in [6, 6.07) is 10.1. The molecule has 0 unspecified atom stereocenters. The maximum Gasteiger partial charge on any atom is 0.325 e. The third-order valence-corrected chi connectivity index (χ3v) is 4.92. The van der Waals surface area contributed by atoms with E-state index in [0.717, 1.165) is 37.9 Å². The summed E-state index contributed by atoms with van der Waals surface area (Å²) in [6.45, 7) is 2.37. The average Bonchev–Trinajstić information content (AvgIpc) is 2.64. The number of nitrogens with one attached hydrogen (secondary N) is 2. The number of H-pyrrole nitrogens is 2. The Bertz CT molecular complexity index is 851. The molecule has 1 aromatic heterocycles. The highest BCUT2D eigenvalue weighted by molar-refractivity contribution is 5.93. The van der Waals surface area contributed by atoms with Gasteiger partial charge in [-0.1, -0.05) is 30.3 Å². The van der Waals surface area contributed by atoms with E-state index in [0.29, 0.717) is 6.54 Å². The predicted octanol–water partition coefficient (Wildman–Crippen LogP) is 0.842. The molecule has 26 heavy (non-hydrogen) atoms. The van der Waals surface area contributed by atoms with E-state index in [1.54, 1.807) is 4.90 Å². The Morgan fingerprint density at radius 3 is 2.54 bits per heavy atom. The number of carbonyl (C=O) groups excluding carboxylic acids is 1. The second-order valence-electron chi connectivity index (χ2n) is 6.75. The molecule has 1 aromatic carbocycles. The lowest BCUT2D eigenvalue weighted by atomic mass is 10.0. The minimum Gasteiger partial charge on any atom is -0.335 e. The zero-order valence-electron chi connectivity index (χ0n) is 14.9. The molecule has 138 valence electrons. The molecule has 1 aliphatic rings. The summed E-state index contributed by atoms with van der Waals surface area (Å²) >= 11 is 0. The summed E-state index contributed by atoms with van der Waals surface area (Å²) in [5.41, 5.74) is -0.122. The van der Waals surface area contributed by atoms with Gasteiger partial charge in [-0.15, -0.1) is 0 Å². The molecule has 0 radical (unpaired) electrons. The lowest BCUT2D eigenvalue weighted by Crippen LogP contribution is -2.48. The van der Waals surface area contributed by atoms with E-state index in [1.165, 1.54) is 6.20 Å². The van der Waals surface area contributed by atoms with Crippen LogP contribution >= 0.6 is 0 Å². The first-order chi connectivity index (χ1) is 12.5. The number of aromatic nitrogens is 2. The topological polar surface area (TPSA) is 89.3 Å². The van der Waals surface area contributed by atoms with Crippen LogP contribution in [-0.4, -0.2) is 58.4 Å².